The number of ether oxygens (including phenoxy) is 3. The van der Waals surface area contributed by atoms with Crippen molar-refractivity contribution in [2.24, 2.45) is 0 Å². The largest absolute Gasteiger partial charge is 0.497 e. The molecule has 2 aromatic rings. The Morgan fingerprint density at radius 2 is 1.74 bits per heavy atom. The van der Waals surface area contributed by atoms with E-state index in [9.17, 15) is 27.6 Å². The van der Waals surface area contributed by atoms with Crippen molar-refractivity contribution in [3.63, 3.8) is 0 Å². The number of rotatable bonds is 7. The highest BCUT2D eigenvalue weighted by Gasteiger charge is 2.37. The maximum absolute atomic E-state index is 13.0. The second kappa shape index (κ2) is 10.1. The van der Waals surface area contributed by atoms with Gasteiger partial charge in [-0.2, -0.15) is 13.2 Å². The Morgan fingerprint density at radius 3 is 2.35 bits per heavy atom. The maximum atomic E-state index is 13.0. The van der Waals surface area contributed by atoms with Crippen molar-refractivity contribution in [3.8, 4) is 17.2 Å². The molecule has 12 heteroatoms. The quantitative estimate of drug-likeness (QED) is 0.568. The normalized spacial score (nSPS) is 15.0. The van der Waals surface area contributed by atoms with Crippen LogP contribution in [0.5, 0.6) is 17.2 Å². The molecule has 1 aliphatic heterocycles. The number of nitrogens with zero attached hydrogens (tertiary/aromatic N) is 1. The molecule has 3 amide bonds. The number of anilines is 1. The van der Waals surface area contributed by atoms with E-state index < -0.39 is 35.3 Å². The van der Waals surface area contributed by atoms with E-state index in [1.54, 1.807) is 18.2 Å². The van der Waals surface area contributed by atoms with E-state index in [4.69, 9.17) is 14.2 Å². The summed E-state index contributed by atoms with van der Waals surface area (Å²) in [4.78, 5) is 38.3. The first-order chi connectivity index (χ1) is 16.1. The van der Waals surface area contributed by atoms with Crippen molar-refractivity contribution in [3.05, 3.63) is 52.4 Å². The molecule has 0 saturated carbocycles. The lowest BCUT2D eigenvalue weighted by atomic mass is 10.1. The smallest absolute Gasteiger partial charge is 0.416 e. The average molecular weight is 496 g/mol. The van der Waals surface area contributed by atoms with Crippen LogP contribution in [0.15, 0.2) is 41.3 Å². The molecular formula is C22H19F3N2O6S. The number of thioether (sulfide) groups is 1. The van der Waals surface area contributed by atoms with Crippen LogP contribution in [0.25, 0.3) is 6.08 Å². The lowest BCUT2D eigenvalue weighted by molar-refractivity contribution is -0.137. The molecule has 1 heterocycles. The first kappa shape index (κ1) is 25.0. The molecule has 3 rings (SSSR count). The van der Waals surface area contributed by atoms with E-state index in [-0.39, 0.29) is 16.3 Å². The SMILES string of the molecule is COc1ccc(C=C2SC(=O)N(CC(=O)Nc3cc(C(F)(F)F)ccc3OC)C2=O)c(OC)c1. The molecule has 8 nitrogen and oxygen atoms in total. The van der Waals surface area contributed by atoms with Gasteiger partial charge in [-0.05, 0) is 48.2 Å². The van der Waals surface area contributed by atoms with Crippen LogP contribution >= 0.6 is 11.8 Å². The molecule has 1 N–H and O–H groups in total. The highest BCUT2D eigenvalue weighted by molar-refractivity contribution is 8.18. The van der Waals surface area contributed by atoms with Crippen molar-refractivity contribution in [1.29, 1.82) is 0 Å². The van der Waals surface area contributed by atoms with Gasteiger partial charge in [-0.15, -0.1) is 0 Å². The minimum atomic E-state index is -4.63. The van der Waals surface area contributed by atoms with E-state index in [1.807, 2.05) is 0 Å². The minimum Gasteiger partial charge on any atom is -0.497 e. The standard InChI is InChI=1S/C22H19F3N2O6S/c1-31-14-6-4-12(17(10-14)33-3)8-18-20(29)27(21(30)34-18)11-19(28)26-15-9-13(22(23,24)25)5-7-16(15)32-2/h4-10H,11H2,1-3H3,(H,26,28). The molecule has 180 valence electrons. The van der Waals surface area contributed by atoms with Crippen molar-refractivity contribution >= 4 is 40.6 Å². The first-order valence-corrected chi connectivity index (χ1v) is 10.4. The number of halogens is 3. The first-order valence-electron chi connectivity index (χ1n) is 9.60. The Hall–Kier alpha value is -3.67. The monoisotopic (exact) mass is 496 g/mol. The third-order valence-corrected chi connectivity index (χ3v) is 5.61. The number of hydrogen-bond donors (Lipinski definition) is 1. The zero-order valence-electron chi connectivity index (χ0n) is 18.2. The van der Waals surface area contributed by atoms with Crippen LogP contribution in [0.1, 0.15) is 11.1 Å². The van der Waals surface area contributed by atoms with E-state index >= 15 is 0 Å². The van der Waals surface area contributed by atoms with Crippen molar-refractivity contribution in [2.45, 2.75) is 6.18 Å². The van der Waals surface area contributed by atoms with E-state index in [0.29, 0.717) is 39.8 Å². The molecule has 1 saturated heterocycles. The van der Waals surface area contributed by atoms with Gasteiger partial charge >= 0.3 is 6.18 Å². The van der Waals surface area contributed by atoms with Gasteiger partial charge in [0, 0.05) is 11.6 Å². The zero-order chi connectivity index (χ0) is 25.0. The van der Waals surface area contributed by atoms with Gasteiger partial charge in [-0.1, -0.05) is 0 Å². The van der Waals surface area contributed by atoms with Gasteiger partial charge in [0.2, 0.25) is 5.91 Å². The van der Waals surface area contributed by atoms with E-state index in [1.165, 1.54) is 27.4 Å². The van der Waals surface area contributed by atoms with Crippen LogP contribution in [-0.4, -0.2) is 49.8 Å². The average Bonchev–Trinajstić information content (AvgIpc) is 3.05. The van der Waals surface area contributed by atoms with E-state index in [2.05, 4.69) is 5.32 Å². The fourth-order valence-corrected chi connectivity index (χ4v) is 3.86. The van der Waals surface area contributed by atoms with Gasteiger partial charge in [-0.3, -0.25) is 19.3 Å². The summed E-state index contributed by atoms with van der Waals surface area (Å²) in [5.41, 5.74) is -0.731. The van der Waals surface area contributed by atoms with Gasteiger partial charge in [0.1, 0.15) is 23.8 Å². The second-order valence-electron chi connectivity index (χ2n) is 6.84. The Morgan fingerprint density at radius 1 is 1.03 bits per heavy atom. The summed E-state index contributed by atoms with van der Waals surface area (Å²) in [7, 11) is 4.15. The molecule has 0 unspecified atom stereocenters. The Balaban J connectivity index is 1.77. The molecule has 0 spiro atoms. The van der Waals surface area contributed by atoms with Gasteiger partial charge < -0.3 is 19.5 Å². The lowest BCUT2D eigenvalue weighted by Gasteiger charge is -2.16. The summed E-state index contributed by atoms with van der Waals surface area (Å²) in [6.45, 7) is -0.693. The van der Waals surface area contributed by atoms with Crippen LogP contribution < -0.4 is 19.5 Å². The lowest BCUT2D eigenvalue weighted by Crippen LogP contribution is -2.36. The molecule has 0 aliphatic carbocycles. The van der Waals surface area contributed by atoms with Crippen LogP contribution in [0, 0.1) is 0 Å². The summed E-state index contributed by atoms with van der Waals surface area (Å²) < 4.78 is 54.4. The third-order valence-electron chi connectivity index (χ3n) is 4.70. The molecule has 0 aromatic heterocycles. The summed E-state index contributed by atoms with van der Waals surface area (Å²) in [6, 6.07) is 7.46. The number of hydrogen-bond acceptors (Lipinski definition) is 7. The Labute approximate surface area is 196 Å². The number of carbonyl (C=O) groups is 3. The molecule has 2 aromatic carbocycles. The van der Waals surface area contributed by atoms with Crippen molar-refractivity contribution in [2.75, 3.05) is 33.2 Å². The van der Waals surface area contributed by atoms with Crippen LogP contribution in [0.4, 0.5) is 23.7 Å². The second-order valence-corrected chi connectivity index (χ2v) is 7.83. The predicted octanol–water partition coefficient (Wildman–Crippen LogP) is 4.41. The number of carbonyl (C=O) groups excluding carboxylic acids is 3. The minimum absolute atomic E-state index is 0.0121. The maximum Gasteiger partial charge on any atom is 0.416 e. The van der Waals surface area contributed by atoms with Crippen LogP contribution in [0.2, 0.25) is 0 Å². The molecule has 34 heavy (non-hydrogen) atoms. The molecule has 1 aliphatic rings. The van der Waals surface area contributed by atoms with Gasteiger partial charge in [0.15, 0.2) is 0 Å². The van der Waals surface area contributed by atoms with Crippen molar-refractivity contribution in [1.82, 2.24) is 4.90 Å². The Kier molecular flexibility index (Phi) is 7.40. The zero-order valence-corrected chi connectivity index (χ0v) is 19.0. The highest BCUT2D eigenvalue weighted by Crippen LogP contribution is 2.36. The van der Waals surface area contributed by atoms with Gasteiger partial charge in [-0.25, -0.2) is 0 Å². The fraction of sp³-hybridized carbons (Fsp3) is 0.227. The molecule has 0 bridgehead atoms. The highest BCUT2D eigenvalue weighted by atomic mass is 32.2. The number of alkyl halides is 3. The topological polar surface area (TPSA) is 94.2 Å². The third kappa shape index (κ3) is 5.45. The number of amides is 3. The Bertz CT molecular complexity index is 1170. The fourth-order valence-electron chi connectivity index (χ4n) is 3.03. The number of benzene rings is 2. The van der Waals surface area contributed by atoms with Crippen molar-refractivity contribution < 1.29 is 41.8 Å². The number of nitrogens with one attached hydrogen (secondary N) is 1. The number of methoxy groups -OCH3 is 3. The summed E-state index contributed by atoms with van der Waals surface area (Å²) >= 11 is 0.626. The summed E-state index contributed by atoms with van der Waals surface area (Å²) in [6.07, 6.45) is -3.19. The molecular weight excluding hydrogens is 477 g/mol. The van der Waals surface area contributed by atoms with Gasteiger partial charge in [0.25, 0.3) is 11.1 Å². The van der Waals surface area contributed by atoms with E-state index in [0.717, 1.165) is 12.1 Å². The molecule has 0 atom stereocenters. The van der Waals surface area contributed by atoms with Crippen LogP contribution in [-0.2, 0) is 15.8 Å². The van der Waals surface area contributed by atoms with Gasteiger partial charge in [0.05, 0.1) is 37.5 Å². The molecule has 0 radical (unpaired) electrons. The summed E-state index contributed by atoms with van der Waals surface area (Å²) in [5.74, 6) is -0.673. The van der Waals surface area contributed by atoms with Crippen LogP contribution in [0.3, 0.4) is 0 Å². The number of imide groups is 1. The summed E-state index contributed by atoms with van der Waals surface area (Å²) in [5, 5.41) is 1.57. The predicted molar refractivity (Wildman–Crippen MR) is 119 cm³/mol. The molecule has 1 fully saturated rings.